The van der Waals surface area contributed by atoms with Crippen molar-refractivity contribution in [2.45, 2.75) is 51.6 Å². The summed E-state index contributed by atoms with van der Waals surface area (Å²) in [4.78, 5) is 25.0. The van der Waals surface area contributed by atoms with Crippen LogP contribution in [0, 0.1) is 0 Å². The Morgan fingerprint density at radius 1 is 1.07 bits per heavy atom. The van der Waals surface area contributed by atoms with Gasteiger partial charge in [0.2, 0.25) is 5.91 Å². The molecule has 2 atom stereocenters. The predicted octanol–water partition coefficient (Wildman–Crippen LogP) is 4.03. The fourth-order valence-electron chi connectivity index (χ4n) is 3.66. The largest absolute Gasteiger partial charge is 0.420 e. The number of carbonyl (C=O) groups excluding carboxylic acids is 1. The molecule has 1 amide bonds. The summed E-state index contributed by atoms with van der Waals surface area (Å²) in [5.41, 5.74) is 2.27. The zero-order chi connectivity index (χ0) is 19.6. The first-order valence-corrected chi connectivity index (χ1v) is 9.25. The van der Waals surface area contributed by atoms with Crippen molar-refractivity contribution in [3.8, 4) is 0 Å². The number of oxazole rings is 1. The van der Waals surface area contributed by atoms with Crippen LogP contribution in [0.2, 0.25) is 0 Å². The molecule has 3 rings (SSSR count). The van der Waals surface area contributed by atoms with E-state index in [0.717, 1.165) is 6.42 Å². The zero-order valence-corrected chi connectivity index (χ0v) is 16.2. The number of nitrogens with zero attached hydrogens (tertiary/aromatic N) is 1. The number of hydrogen-bond donors (Lipinski definition) is 1. The Balaban J connectivity index is 1.72. The van der Waals surface area contributed by atoms with E-state index in [9.17, 15) is 9.59 Å². The Hall–Kier alpha value is -2.82. The number of para-hydroxylation sites is 2. The van der Waals surface area contributed by atoms with E-state index in [0.29, 0.717) is 11.1 Å². The summed E-state index contributed by atoms with van der Waals surface area (Å²) in [5.74, 6) is -0.712. The van der Waals surface area contributed by atoms with E-state index in [1.807, 2.05) is 31.2 Å². The van der Waals surface area contributed by atoms with Crippen molar-refractivity contribution in [3.63, 3.8) is 0 Å². The van der Waals surface area contributed by atoms with Crippen LogP contribution in [0.4, 0.5) is 0 Å². The van der Waals surface area contributed by atoms with E-state index < -0.39 is 11.8 Å². The van der Waals surface area contributed by atoms with Gasteiger partial charge >= 0.3 is 5.76 Å². The number of carbonyl (C=O) groups is 1. The first kappa shape index (κ1) is 19.0. The molecule has 0 saturated carbocycles. The molecule has 1 heterocycles. The van der Waals surface area contributed by atoms with Crippen LogP contribution in [0.5, 0.6) is 0 Å². The first-order chi connectivity index (χ1) is 12.8. The Bertz CT molecular complexity index is 985. The molecule has 0 saturated heterocycles. The lowest BCUT2D eigenvalue weighted by atomic mass is 9.79. The van der Waals surface area contributed by atoms with Gasteiger partial charge < -0.3 is 9.73 Å². The Labute approximate surface area is 159 Å². The topological polar surface area (TPSA) is 64.2 Å². The van der Waals surface area contributed by atoms with Crippen LogP contribution in [0.25, 0.3) is 11.1 Å². The molecule has 0 aliphatic rings. The van der Waals surface area contributed by atoms with Gasteiger partial charge in [0.1, 0.15) is 6.04 Å². The summed E-state index contributed by atoms with van der Waals surface area (Å²) in [6.45, 7) is 8.05. The average Bonchev–Trinajstić information content (AvgIpc) is 2.97. The highest BCUT2D eigenvalue weighted by Gasteiger charge is 2.26. The molecular weight excluding hydrogens is 340 g/mol. The normalized spacial score (nSPS) is 14.1. The zero-order valence-electron chi connectivity index (χ0n) is 16.2. The van der Waals surface area contributed by atoms with Crippen molar-refractivity contribution >= 4 is 17.0 Å². The van der Waals surface area contributed by atoms with Crippen LogP contribution < -0.4 is 11.1 Å². The second kappa shape index (κ2) is 7.43. The van der Waals surface area contributed by atoms with E-state index in [2.05, 4.69) is 31.3 Å². The molecule has 142 valence electrons. The van der Waals surface area contributed by atoms with Gasteiger partial charge in [-0.3, -0.25) is 9.36 Å². The summed E-state index contributed by atoms with van der Waals surface area (Å²) in [6.07, 6.45) is 0.788. The van der Waals surface area contributed by atoms with Crippen molar-refractivity contribution in [1.82, 2.24) is 9.88 Å². The smallest absolute Gasteiger partial charge is 0.408 e. The van der Waals surface area contributed by atoms with Crippen LogP contribution in [0.15, 0.2) is 63.8 Å². The lowest BCUT2D eigenvalue weighted by Gasteiger charge is -2.29. The number of benzene rings is 2. The minimum Gasteiger partial charge on any atom is -0.408 e. The standard InChI is InChI=1S/C22H26N2O3/c1-15(14-22(3,4)17-10-6-5-7-11-17)23-20(25)16(2)24-18-12-8-9-13-19(18)27-21(24)26/h5-13,15-16H,14H2,1-4H3,(H,23,25). The van der Waals surface area contributed by atoms with Gasteiger partial charge in [0, 0.05) is 6.04 Å². The van der Waals surface area contributed by atoms with Crippen LogP contribution in [0.1, 0.15) is 45.7 Å². The number of nitrogens with one attached hydrogen (secondary N) is 1. The van der Waals surface area contributed by atoms with Crippen LogP contribution in [0.3, 0.4) is 0 Å². The molecule has 1 aromatic heterocycles. The van der Waals surface area contributed by atoms with Crippen molar-refractivity contribution in [1.29, 1.82) is 0 Å². The van der Waals surface area contributed by atoms with Gasteiger partial charge in [0.15, 0.2) is 5.58 Å². The highest BCUT2D eigenvalue weighted by atomic mass is 16.4. The van der Waals surface area contributed by atoms with Gasteiger partial charge in [-0.1, -0.05) is 56.3 Å². The molecule has 0 aliphatic heterocycles. The molecule has 5 heteroatoms. The predicted molar refractivity (Wildman–Crippen MR) is 107 cm³/mol. The Morgan fingerprint density at radius 2 is 1.70 bits per heavy atom. The van der Waals surface area contributed by atoms with E-state index in [-0.39, 0.29) is 17.4 Å². The summed E-state index contributed by atoms with van der Waals surface area (Å²) < 4.78 is 6.64. The van der Waals surface area contributed by atoms with Gasteiger partial charge in [-0.2, -0.15) is 0 Å². The number of aromatic nitrogens is 1. The third-order valence-electron chi connectivity index (χ3n) is 5.05. The SMILES string of the molecule is CC(CC(C)(C)c1ccccc1)NC(=O)C(C)n1c(=O)oc2ccccc21. The van der Waals surface area contributed by atoms with Crippen molar-refractivity contribution < 1.29 is 9.21 Å². The number of hydrogen-bond acceptors (Lipinski definition) is 3. The van der Waals surface area contributed by atoms with Gasteiger partial charge in [0.05, 0.1) is 5.52 Å². The van der Waals surface area contributed by atoms with E-state index in [4.69, 9.17) is 4.42 Å². The summed E-state index contributed by atoms with van der Waals surface area (Å²) in [7, 11) is 0. The van der Waals surface area contributed by atoms with Crippen molar-refractivity contribution in [2.24, 2.45) is 0 Å². The van der Waals surface area contributed by atoms with E-state index in [1.165, 1.54) is 10.1 Å². The molecule has 1 N–H and O–H groups in total. The second-order valence-electron chi connectivity index (χ2n) is 7.75. The maximum Gasteiger partial charge on any atom is 0.420 e. The molecule has 3 aromatic rings. The van der Waals surface area contributed by atoms with Crippen LogP contribution in [-0.2, 0) is 10.2 Å². The van der Waals surface area contributed by atoms with Gasteiger partial charge in [-0.05, 0) is 43.4 Å². The molecular formula is C22H26N2O3. The van der Waals surface area contributed by atoms with Gasteiger partial charge in [-0.15, -0.1) is 0 Å². The van der Waals surface area contributed by atoms with Crippen molar-refractivity contribution in [2.75, 3.05) is 0 Å². The Kier molecular flexibility index (Phi) is 5.22. The molecule has 5 nitrogen and oxygen atoms in total. The first-order valence-electron chi connectivity index (χ1n) is 9.25. The molecule has 0 radical (unpaired) electrons. The molecule has 0 fully saturated rings. The Morgan fingerprint density at radius 3 is 2.41 bits per heavy atom. The molecule has 2 unspecified atom stereocenters. The average molecular weight is 366 g/mol. The summed E-state index contributed by atoms with van der Waals surface area (Å²) in [5, 5.41) is 3.05. The van der Waals surface area contributed by atoms with E-state index >= 15 is 0 Å². The lowest BCUT2D eigenvalue weighted by Crippen LogP contribution is -2.41. The fourth-order valence-corrected chi connectivity index (χ4v) is 3.66. The number of fused-ring (bicyclic) bond motifs is 1. The van der Waals surface area contributed by atoms with Crippen LogP contribution in [-0.4, -0.2) is 16.5 Å². The molecule has 27 heavy (non-hydrogen) atoms. The quantitative estimate of drug-likeness (QED) is 0.716. The maximum atomic E-state index is 12.8. The second-order valence-corrected chi connectivity index (χ2v) is 7.75. The molecule has 2 aromatic carbocycles. The summed E-state index contributed by atoms with van der Waals surface area (Å²) >= 11 is 0. The number of amides is 1. The fraction of sp³-hybridized carbons (Fsp3) is 0.364. The van der Waals surface area contributed by atoms with Gasteiger partial charge in [-0.25, -0.2) is 4.79 Å². The maximum absolute atomic E-state index is 12.8. The molecule has 0 aliphatic carbocycles. The molecule has 0 spiro atoms. The van der Waals surface area contributed by atoms with Crippen LogP contribution >= 0.6 is 0 Å². The molecule has 0 bridgehead atoms. The van der Waals surface area contributed by atoms with Gasteiger partial charge in [0.25, 0.3) is 0 Å². The lowest BCUT2D eigenvalue weighted by molar-refractivity contribution is -0.124. The number of rotatable bonds is 6. The third kappa shape index (κ3) is 3.97. The monoisotopic (exact) mass is 366 g/mol. The minimum absolute atomic E-state index is 0.0379. The highest BCUT2D eigenvalue weighted by molar-refractivity contribution is 5.83. The van der Waals surface area contributed by atoms with Crippen molar-refractivity contribution in [3.05, 3.63) is 70.7 Å². The minimum atomic E-state index is -0.650. The van der Waals surface area contributed by atoms with E-state index in [1.54, 1.807) is 25.1 Å². The highest BCUT2D eigenvalue weighted by Crippen LogP contribution is 2.28. The third-order valence-corrected chi connectivity index (χ3v) is 5.05. The summed E-state index contributed by atoms with van der Waals surface area (Å²) in [6, 6.07) is 16.7.